The van der Waals surface area contributed by atoms with Gasteiger partial charge in [-0.15, -0.1) is 17.0 Å². The molecule has 118 valence electrons. The molecule has 0 saturated heterocycles. The number of hydrogen-bond acceptors (Lipinski definition) is 4. The summed E-state index contributed by atoms with van der Waals surface area (Å²) in [6.07, 6.45) is 2.55. The molecule has 1 heterocycles. The molecule has 6 heteroatoms. The van der Waals surface area contributed by atoms with Crippen LogP contribution in [-0.4, -0.2) is 32.3 Å². The van der Waals surface area contributed by atoms with Gasteiger partial charge in [0.05, 0.1) is 18.0 Å². The quantitative estimate of drug-likeness (QED) is 0.675. The third-order valence-corrected chi connectivity index (χ3v) is 3.69. The third-order valence-electron chi connectivity index (χ3n) is 3.45. The molecule has 1 aromatic carbocycles. The van der Waals surface area contributed by atoms with Gasteiger partial charge in [-0.25, -0.2) is 0 Å². The zero-order valence-electron chi connectivity index (χ0n) is 12.4. The van der Waals surface area contributed by atoms with E-state index in [0.717, 1.165) is 37.0 Å². The predicted molar refractivity (Wildman–Crippen MR) is 92.9 cm³/mol. The number of anilines is 2. The Morgan fingerprint density at radius 1 is 1.38 bits per heavy atom. The summed E-state index contributed by atoms with van der Waals surface area (Å²) in [6.45, 7) is 6.20. The van der Waals surface area contributed by atoms with Crippen molar-refractivity contribution in [2.45, 2.75) is 32.9 Å². The SMILES string of the molecule is Br.CCCCN1CN(C(C=O)OCC)c2cc(Cl)ccc21. The van der Waals surface area contributed by atoms with Gasteiger partial charge in [0.2, 0.25) is 0 Å². The Labute approximate surface area is 141 Å². The molecule has 0 saturated carbocycles. The molecule has 0 bridgehead atoms. The lowest BCUT2D eigenvalue weighted by atomic mass is 10.2. The van der Waals surface area contributed by atoms with Crippen LogP contribution in [0.4, 0.5) is 11.4 Å². The van der Waals surface area contributed by atoms with Crippen molar-refractivity contribution in [3.05, 3.63) is 23.2 Å². The summed E-state index contributed by atoms with van der Waals surface area (Å²) in [6, 6.07) is 5.80. The van der Waals surface area contributed by atoms with E-state index in [1.54, 1.807) is 0 Å². The first-order valence-electron chi connectivity index (χ1n) is 7.09. The predicted octanol–water partition coefficient (Wildman–Crippen LogP) is 3.86. The van der Waals surface area contributed by atoms with Gasteiger partial charge in [0.15, 0.2) is 12.5 Å². The normalized spacial score (nSPS) is 14.6. The van der Waals surface area contributed by atoms with Gasteiger partial charge in [-0.05, 0) is 31.5 Å². The van der Waals surface area contributed by atoms with Crippen molar-refractivity contribution in [2.75, 3.05) is 29.6 Å². The molecular weight excluding hydrogens is 356 g/mol. The van der Waals surface area contributed by atoms with Crippen LogP contribution in [0.15, 0.2) is 18.2 Å². The van der Waals surface area contributed by atoms with Crippen LogP contribution in [0.2, 0.25) is 5.02 Å². The Kier molecular flexibility index (Phi) is 7.49. The zero-order valence-corrected chi connectivity index (χ0v) is 14.9. The first-order valence-corrected chi connectivity index (χ1v) is 7.47. The molecule has 0 spiro atoms. The first kappa shape index (κ1) is 18.3. The Morgan fingerprint density at radius 3 is 2.76 bits per heavy atom. The lowest BCUT2D eigenvalue weighted by molar-refractivity contribution is -0.117. The van der Waals surface area contributed by atoms with Crippen LogP contribution in [0.3, 0.4) is 0 Å². The van der Waals surface area contributed by atoms with Gasteiger partial charge in [0.1, 0.15) is 0 Å². The van der Waals surface area contributed by atoms with E-state index < -0.39 is 6.23 Å². The summed E-state index contributed by atoms with van der Waals surface area (Å²) in [5, 5.41) is 0.673. The number of fused-ring (bicyclic) bond motifs is 1. The fourth-order valence-electron chi connectivity index (χ4n) is 2.46. The van der Waals surface area contributed by atoms with Gasteiger partial charge in [-0.3, -0.25) is 4.79 Å². The second-order valence-corrected chi connectivity index (χ2v) is 5.28. The van der Waals surface area contributed by atoms with Gasteiger partial charge in [-0.2, -0.15) is 0 Å². The van der Waals surface area contributed by atoms with Crippen LogP contribution in [0, 0.1) is 0 Å². The summed E-state index contributed by atoms with van der Waals surface area (Å²) in [7, 11) is 0. The minimum Gasteiger partial charge on any atom is -0.352 e. The van der Waals surface area contributed by atoms with Gasteiger partial charge in [0.25, 0.3) is 0 Å². The Hall–Kier alpha value is -0.780. The van der Waals surface area contributed by atoms with Gasteiger partial charge >= 0.3 is 0 Å². The van der Waals surface area contributed by atoms with Crippen molar-refractivity contribution in [2.24, 2.45) is 0 Å². The summed E-state index contributed by atoms with van der Waals surface area (Å²) >= 11 is 6.09. The standard InChI is InChI=1S/C15H21ClN2O2.BrH/c1-3-5-8-17-11-18(15(10-19)20-4-2)14-9-12(16)6-7-13(14)17;/h6-7,9-10,15H,3-5,8,11H2,1-2H3;1H. The maximum Gasteiger partial charge on any atom is 0.188 e. The molecule has 1 aromatic rings. The number of halogens is 2. The van der Waals surface area contributed by atoms with E-state index in [2.05, 4.69) is 11.8 Å². The van der Waals surface area contributed by atoms with Crippen molar-refractivity contribution in [1.29, 1.82) is 0 Å². The smallest absolute Gasteiger partial charge is 0.188 e. The minimum atomic E-state index is -0.552. The molecule has 1 unspecified atom stereocenters. The highest BCUT2D eigenvalue weighted by molar-refractivity contribution is 8.93. The number of nitrogens with zero attached hydrogens (tertiary/aromatic N) is 2. The van der Waals surface area contributed by atoms with Crippen molar-refractivity contribution >= 4 is 46.2 Å². The van der Waals surface area contributed by atoms with Crippen LogP contribution in [0.5, 0.6) is 0 Å². The van der Waals surface area contributed by atoms with Crippen LogP contribution in [0.1, 0.15) is 26.7 Å². The molecule has 0 aliphatic carbocycles. The van der Waals surface area contributed by atoms with Crippen LogP contribution < -0.4 is 9.80 Å². The second kappa shape index (κ2) is 8.61. The van der Waals surface area contributed by atoms with Crippen LogP contribution in [-0.2, 0) is 9.53 Å². The molecule has 0 radical (unpaired) electrons. The molecule has 2 rings (SSSR count). The third kappa shape index (κ3) is 4.11. The van der Waals surface area contributed by atoms with E-state index in [1.807, 2.05) is 30.0 Å². The molecular formula is C15H22BrClN2O2. The number of rotatable bonds is 7. The fraction of sp³-hybridized carbons (Fsp3) is 0.533. The largest absolute Gasteiger partial charge is 0.352 e. The summed E-state index contributed by atoms with van der Waals surface area (Å²) < 4.78 is 5.51. The molecule has 1 aliphatic heterocycles. The van der Waals surface area contributed by atoms with E-state index in [-0.39, 0.29) is 17.0 Å². The monoisotopic (exact) mass is 376 g/mol. The molecule has 4 nitrogen and oxygen atoms in total. The average molecular weight is 378 g/mol. The maximum absolute atomic E-state index is 11.3. The molecule has 0 aromatic heterocycles. The Balaban J connectivity index is 0.00000220. The highest BCUT2D eigenvalue weighted by Gasteiger charge is 2.30. The number of carbonyl (C=O) groups excluding carboxylic acids is 1. The number of ether oxygens (including phenoxy) is 1. The van der Waals surface area contributed by atoms with E-state index in [0.29, 0.717) is 18.3 Å². The topological polar surface area (TPSA) is 32.8 Å². The summed E-state index contributed by atoms with van der Waals surface area (Å²) in [4.78, 5) is 15.5. The first-order chi connectivity index (χ1) is 9.71. The molecule has 1 aliphatic rings. The van der Waals surface area contributed by atoms with Gasteiger partial charge in [-0.1, -0.05) is 24.9 Å². The Bertz CT molecular complexity index is 473. The fourth-order valence-corrected chi connectivity index (χ4v) is 2.63. The zero-order chi connectivity index (χ0) is 14.5. The lowest BCUT2D eigenvalue weighted by Crippen LogP contribution is -2.41. The van der Waals surface area contributed by atoms with E-state index in [1.165, 1.54) is 0 Å². The molecule has 0 N–H and O–H groups in total. The number of aldehydes is 1. The van der Waals surface area contributed by atoms with Crippen LogP contribution in [0.25, 0.3) is 0 Å². The van der Waals surface area contributed by atoms with Crippen molar-refractivity contribution in [1.82, 2.24) is 0 Å². The van der Waals surface area contributed by atoms with Crippen molar-refractivity contribution < 1.29 is 9.53 Å². The highest BCUT2D eigenvalue weighted by atomic mass is 79.9. The lowest BCUT2D eigenvalue weighted by Gasteiger charge is -2.26. The molecule has 0 amide bonds. The summed E-state index contributed by atoms with van der Waals surface area (Å²) in [5.74, 6) is 0. The van der Waals surface area contributed by atoms with Gasteiger partial charge in [0, 0.05) is 18.2 Å². The molecule has 0 fully saturated rings. The number of benzene rings is 1. The van der Waals surface area contributed by atoms with E-state index >= 15 is 0 Å². The summed E-state index contributed by atoms with van der Waals surface area (Å²) in [5.41, 5.74) is 2.09. The van der Waals surface area contributed by atoms with Crippen LogP contribution >= 0.6 is 28.6 Å². The molecule has 1 atom stereocenters. The Morgan fingerprint density at radius 2 is 2.14 bits per heavy atom. The van der Waals surface area contributed by atoms with Gasteiger partial charge < -0.3 is 14.5 Å². The average Bonchev–Trinajstić information content (AvgIpc) is 2.80. The van der Waals surface area contributed by atoms with E-state index in [4.69, 9.17) is 16.3 Å². The minimum absolute atomic E-state index is 0. The number of unbranched alkanes of at least 4 members (excludes halogenated alkanes) is 1. The maximum atomic E-state index is 11.3. The number of carbonyl (C=O) groups is 1. The van der Waals surface area contributed by atoms with E-state index in [9.17, 15) is 4.79 Å². The number of hydrogen-bond donors (Lipinski definition) is 0. The highest BCUT2D eigenvalue weighted by Crippen LogP contribution is 2.39. The molecule has 21 heavy (non-hydrogen) atoms. The van der Waals surface area contributed by atoms with Crippen molar-refractivity contribution in [3.8, 4) is 0 Å². The second-order valence-electron chi connectivity index (χ2n) is 4.84. The van der Waals surface area contributed by atoms with Crippen molar-refractivity contribution in [3.63, 3.8) is 0 Å².